The maximum Gasteiger partial charge on any atom is 0.00965 e. The van der Waals surface area contributed by atoms with E-state index in [0.29, 0.717) is 0 Å². The molecule has 68 valence electrons. The maximum absolute atomic E-state index is 3.64. The van der Waals surface area contributed by atoms with Crippen LogP contribution in [-0.4, -0.2) is 12.6 Å². The van der Waals surface area contributed by atoms with Crippen molar-refractivity contribution in [2.24, 2.45) is 11.8 Å². The smallest absolute Gasteiger partial charge is 0.00965 e. The molecule has 2 aliphatic carbocycles. The van der Waals surface area contributed by atoms with E-state index >= 15 is 0 Å². The number of hydrogen-bond donors (Lipinski definition) is 1. The van der Waals surface area contributed by atoms with Crippen LogP contribution in [0.1, 0.15) is 32.6 Å². The molecule has 0 aromatic heterocycles. The second-order valence-corrected chi connectivity index (χ2v) is 4.38. The number of nitrogens with one attached hydrogen (secondary N) is 1. The molecule has 0 heterocycles. The van der Waals surface area contributed by atoms with Gasteiger partial charge in [-0.15, -0.1) is 0 Å². The van der Waals surface area contributed by atoms with E-state index in [9.17, 15) is 0 Å². The minimum absolute atomic E-state index is 0.857. The van der Waals surface area contributed by atoms with E-state index < -0.39 is 0 Å². The zero-order valence-electron chi connectivity index (χ0n) is 7.92. The zero-order chi connectivity index (χ0) is 8.39. The molecule has 1 heteroatoms. The molecule has 0 radical (unpaired) electrons. The summed E-state index contributed by atoms with van der Waals surface area (Å²) in [7, 11) is 0. The molecule has 2 aliphatic rings. The van der Waals surface area contributed by atoms with Crippen LogP contribution >= 0.6 is 0 Å². The fourth-order valence-corrected chi connectivity index (χ4v) is 1.97. The van der Waals surface area contributed by atoms with Crippen LogP contribution in [0, 0.1) is 11.8 Å². The molecule has 0 spiro atoms. The number of rotatable bonds is 3. The Hall–Kier alpha value is -0.300. The van der Waals surface area contributed by atoms with Crippen LogP contribution in [0.25, 0.3) is 0 Å². The maximum atomic E-state index is 3.64. The van der Waals surface area contributed by atoms with Crippen LogP contribution in [-0.2, 0) is 0 Å². The van der Waals surface area contributed by atoms with E-state index in [1.165, 1.54) is 32.2 Å². The fourth-order valence-electron chi connectivity index (χ4n) is 1.97. The highest BCUT2D eigenvalue weighted by atomic mass is 15.0. The monoisotopic (exact) mass is 165 g/mol. The first-order valence-electron chi connectivity index (χ1n) is 5.24. The number of hydrogen-bond acceptors (Lipinski definition) is 1. The molecule has 1 fully saturated rings. The van der Waals surface area contributed by atoms with Crippen molar-refractivity contribution in [3.63, 3.8) is 0 Å². The van der Waals surface area contributed by atoms with Gasteiger partial charge in [0, 0.05) is 6.04 Å². The van der Waals surface area contributed by atoms with Crippen LogP contribution in [0.5, 0.6) is 0 Å². The first-order valence-corrected chi connectivity index (χ1v) is 5.24. The van der Waals surface area contributed by atoms with Crippen molar-refractivity contribution in [2.45, 2.75) is 38.6 Å². The first-order chi connectivity index (χ1) is 5.86. The third kappa shape index (κ3) is 2.10. The minimum atomic E-state index is 0.857. The van der Waals surface area contributed by atoms with E-state index in [-0.39, 0.29) is 0 Å². The summed E-state index contributed by atoms with van der Waals surface area (Å²) in [4.78, 5) is 0. The van der Waals surface area contributed by atoms with E-state index in [1.54, 1.807) is 0 Å². The predicted octanol–water partition coefficient (Wildman–Crippen LogP) is 2.34. The lowest BCUT2D eigenvalue weighted by atomic mass is 9.94. The van der Waals surface area contributed by atoms with Crippen molar-refractivity contribution in [3.05, 3.63) is 12.2 Å². The minimum Gasteiger partial charge on any atom is -0.313 e. The molecule has 0 amide bonds. The van der Waals surface area contributed by atoms with Crippen molar-refractivity contribution in [1.82, 2.24) is 5.32 Å². The van der Waals surface area contributed by atoms with Gasteiger partial charge in [0.1, 0.15) is 0 Å². The van der Waals surface area contributed by atoms with Gasteiger partial charge >= 0.3 is 0 Å². The zero-order valence-corrected chi connectivity index (χ0v) is 7.92. The molecule has 0 saturated heterocycles. The number of allylic oxidation sites excluding steroid dienone is 2. The molecule has 1 saturated carbocycles. The standard InChI is InChI=1S/C11H19N/c1-9-7-11(9)12-8-10-5-3-2-4-6-10/h2-3,9-12H,4-8H2,1H3. The van der Waals surface area contributed by atoms with Crippen LogP contribution in [0.15, 0.2) is 12.2 Å². The van der Waals surface area contributed by atoms with E-state index in [2.05, 4.69) is 24.4 Å². The average molecular weight is 165 g/mol. The molecular formula is C11H19N. The van der Waals surface area contributed by atoms with Gasteiger partial charge in [0.2, 0.25) is 0 Å². The Morgan fingerprint density at radius 2 is 2.25 bits per heavy atom. The predicted molar refractivity (Wildman–Crippen MR) is 52.1 cm³/mol. The molecule has 0 aliphatic heterocycles. The normalized spacial score (nSPS) is 39.9. The van der Waals surface area contributed by atoms with Crippen molar-refractivity contribution >= 4 is 0 Å². The van der Waals surface area contributed by atoms with Gasteiger partial charge in [0.15, 0.2) is 0 Å². The Morgan fingerprint density at radius 1 is 1.42 bits per heavy atom. The summed E-state index contributed by atoms with van der Waals surface area (Å²) in [6.45, 7) is 3.58. The molecule has 1 nitrogen and oxygen atoms in total. The largest absolute Gasteiger partial charge is 0.313 e. The van der Waals surface area contributed by atoms with Crippen molar-refractivity contribution in [2.75, 3.05) is 6.54 Å². The third-order valence-corrected chi connectivity index (χ3v) is 3.16. The van der Waals surface area contributed by atoms with Crippen LogP contribution in [0.2, 0.25) is 0 Å². The summed E-state index contributed by atoms with van der Waals surface area (Å²) in [6, 6.07) is 0.857. The van der Waals surface area contributed by atoms with Gasteiger partial charge in [0.25, 0.3) is 0 Å². The molecule has 3 unspecified atom stereocenters. The van der Waals surface area contributed by atoms with Crippen LogP contribution in [0.4, 0.5) is 0 Å². The van der Waals surface area contributed by atoms with E-state index in [4.69, 9.17) is 0 Å². The van der Waals surface area contributed by atoms with Crippen molar-refractivity contribution < 1.29 is 0 Å². The lowest BCUT2D eigenvalue weighted by molar-refractivity contribution is 0.435. The molecule has 1 N–H and O–H groups in total. The first kappa shape index (κ1) is 8.31. The summed E-state index contributed by atoms with van der Waals surface area (Å²) < 4.78 is 0. The molecule has 0 aromatic carbocycles. The summed E-state index contributed by atoms with van der Waals surface area (Å²) >= 11 is 0. The van der Waals surface area contributed by atoms with E-state index in [0.717, 1.165) is 17.9 Å². The highest BCUT2D eigenvalue weighted by molar-refractivity contribution is 4.93. The van der Waals surface area contributed by atoms with Gasteiger partial charge in [-0.2, -0.15) is 0 Å². The highest BCUT2D eigenvalue weighted by Gasteiger charge is 2.32. The molecule has 0 bridgehead atoms. The Labute approximate surface area is 75.2 Å². The fraction of sp³-hybridized carbons (Fsp3) is 0.818. The summed E-state index contributed by atoms with van der Waals surface area (Å²) in [5.74, 6) is 1.87. The van der Waals surface area contributed by atoms with E-state index in [1.807, 2.05) is 0 Å². The third-order valence-electron chi connectivity index (χ3n) is 3.16. The summed E-state index contributed by atoms with van der Waals surface area (Å²) in [6.07, 6.45) is 10.1. The average Bonchev–Trinajstić information content (AvgIpc) is 2.81. The second kappa shape index (κ2) is 3.61. The quantitative estimate of drug-likeness (QED) is 0.633. The molecular weight excluding hydrogens is 146 g/mol. The lowest BCUT2D eigenvalue weighted by Crippen LogP contribution is -2.26. The summed E-state index contributed by atoms with van der Waals surface area (Å²) in [5.41, 5.74) is 0. The van der Waals surface area contributed by atoms with Gasteiger partial charge in [-0.05, 0) is 44.1 Å². The Balaban J connectivity index is 1.63. The van der Waals surface area contributed by atoms with Gasteiger partial charge in [0.05, 0.1) is 0 Å². The molecule has 2 rings (SSSR count). The topological polar surface area (TPSA) is 12.0 Å². The van der Waals surface area contributed by atoms with Crippen LogP contribution < -0.4 is 5.32 Å². The Morgan fingerprint density at radius 3 is 2.83 bits per heavy atom. The van der Waals surface area contributed by atoms with Gasteiger partial charge < -0.3 is 5.32 Å². The SMILES string of the molecule is CC1CC1NCC1CC=CCC1. The molecule has 12 heavy (non-hydrogen) atoms. The van der Waals surface area contributed by atoms with Gasteiger partial charge in [-0.25, -0.2) is 0 Å². The highest BCUT2D eigenvalue weighted by Crippen LogP contribution is 2.29. The summed E-state index contributed by atoms with van der Waals surface area (Å²) in [5, 5.41) is 3.64. The van der Waals surface area contributed by atoms with Crippen molar-refractivity contribution in [3.8, 4) is 0 Å². The van der Waals surface area contributed by atoms with Gasteiger partial charge in [-0.1, -0.05) is 19.1 Å². The molecule has 0 aromatic rings. The second-order valence-electron chi connectivity index (χ2n) is 4.38. The lowest BCUT2D eigenvalue weighted by Gasteiger charge is -2.17. The Kier molecular flexibility index (Phi) is 2.50. The Bertz CT molecular complexity index is 174. The van der Waals surface area contributed by atoms with Crippen LogP contribution in [0.3, 0.4) is 0 Å². The molecule has 3 atom stereocenters. The van der Waals surface area contributed by atoms with Crippen molar-refractivity contribution in [1.29, 1.82) is 0 Å². The van der Waals surface area contributed by atoms with Gasteiger partial charge in [-0.3, -0.25) is 0 Å².